The van der Waals surface area contributed by atoms with Crippen molar-refractivity contribution in [3.05, 3.63) is 0 Å². The van der Waals surface area contributed by atoms with Crippen LogP contribution in [0.4, 0.5) is 0 Å². The molecule has 1 aliphatic rings. The smallest absolute Gasteiger partial charge is 0.141 e. The molecule has 0 atom stereocenters. The first kappa shape index (κ1) is 20.3. The lowest BCUT2D eigenvalue weighted by atomic mass is 10.1. The average molecular weight is 420 g/mol. The maximum absolute atomic E-state index is 5.54. The van der Waals surface area contributed by atoms with E-state index in [1.165, 1.54) is 75.2 Å². The maximum atomic E-state index is 5.54. The molecule has 128 valence electrons. The van der Waals surface area contributed by atoms with Crippen molar-refractivity contribution in [1.29, 1.82) is 0 Å². The van der Waals surface area contributed by atoms with E-state index in [9.17, 15) is 0 Å². The van der Waals surface area contributed by atoms with E-state index in [-0.39, 0.29) is 0 Å². The van der Waals surface area contributed by atoms with Crippen LogP contribution in [0.1, 0.15) is 71.1 Å². The Labute approximate surface area is 152 Å². The lowest BCUT2D eigenvalue weighted by Crippen LogP contribution is -2.55. The van der Waals surface area contributed by atoms with Crippen LogP contribution in [0, 0.1) is 9.85 Å². The molecule has 0 bridgehead atoms. The van der Waals surface area contributed by atoms with Crippen molar-refractivity contribution in [3.8, 4) is 9.85 Å². The normalized spacial score (nSPS) is 17.0. The van der Waals surface area contributed by atoms with Crippen LogP contribution < -0.4 is 0 Å². The van der Waals surface area contributed by atoms with Crippen LogP contribution in [0.2, 0.25) is 0 Å². The summed E-state index contributed by atoms with van der Waals surface area (Å²) < 4.78 is 9.75. The minimum Gasteiger partial charge on any atom is -0.370 e. The number of unbranched alkanes of at least 4 members (excludes halogenated alkanes) is 9. The summed E-state index contributed by atoms with van der Waals surface area (Å²) in [5.74, 6) is 3.30. The molecule has 22 heavy (non-hydrogen) atoms. The number of rotatable bonds is 12. The second-order valence-corrected chi connectivity index (χ2v) is 7.28. The Morgan fingerprint density at radius 1 is 0.864 bits per heavy atom. The van der Waals surface area contributed by atoms with Crippen LogP contribution >= 0.6 is 22.6 Å². The van der Waals surface area contributed by atoms with Gasteiger partial charge in [-0.05, 0) is 22.7 Å². The van der Waals surface area contributed by atoms with Crippen molar-refractivity contribution >= 4 is 22.6 Å². The molecule has 2 nitrogen and oxygen atoms in total. The molecule has 0 amide bonds. The third-order valence-electron chi connectivity index (χ3n) is 4.89. The quantitative estimate of drug-likeness (QED) is 0.184. The highest BCUT2D eigenvalue weighted by Crippen LogP contribution is 2.15. The summed E-state index contributed by atoms with van der Waals surface area (Å²) in [5, 5.41) is 0. The van der Waals surface area contributed by atoms with Crippen molar-refractivity contribution in [2.75, 3.05) is 39.4 Å². The van der Waals surface area contributed by atoms with Crippen LogP contribution in [0.5, 0.6) is 0 Å². The highest BCUT2D eigenvalue weighted by molar-refractivity contribution is 14.1. The average Bonchev–Trinajstić information content (AvgIpc) is 2.56. The monoisotopic (exact) mass is 420 g/mol. The Bertz CT molecular complexity index is 315. The fourth-order valence-electron chi connectivity index (χ4n) is 3.32. The van der Waals surface area contributed by atoms with Gasteiger partial charge < -0.3 is 9.22 Å². The molecule has 0 aromatic carbocycles. The van der Waals surface area contributed by atoms with Crippen molar-refractivity contribution in [2.45, 2.75) is 71.1 Å². The van der Waals surface area contributed by atoms with Crippen molar-refractivity contribution in [3.63, 3.8) is 0 Å². The van der Waals surface area contributed by atoms with E-state index < -0.39 is 0 Å². The number of ether oxygens (including phenoxy) is 1. The van der Waals surface area contributed by atoms with Gasteiger partial charge >= 0.3 is 0 Å². The molecule has 0 unspecified atom stereocenters. The van der Waals surface area contributed by atoms with Gasteiger partial charge in [0.1, 0.15) is 19.6 Å². The van der Waals surface area contributed by atoms with Crippen molar-refractivity contribution in [1.82, 2.24) is 0 Å². The van der Waals surface area contributed by atoms with Crippen LogP contribution in [-0.4, -0.2) is 43.9 Å². The van der Waals surface area contributed by atoms with Gasteiger partial charge in [0.25, 0.3) is 0 Å². The van der Waals surface area contributed by atoms with Gasteiger partial charge in [-0.2, -0.15) is 0 Å². The maximum Gasteiger partial charge on any atom is 0.141 e. The Balaban J connectivity index is 2.04. The molecule has 0 saturated carbocycles. The number of hydrogen-bond donors (Lipinski definition) is 0. The topological polar surface area (TPSA) is 9.23 Å². The molecule has 1 fully saturated rings. The predicted octanol–water partition coefficient (Wildman–Crippen LogP) is 5.15. The Morgan fingerprint density at radius 3 is 1.95 bits per heavy atom. The number of halogens is 1. The van der Waals surface area contributed by atoms with Crippen molar-refractivity contribution in [2.24, 2.45) is 0 Å². The molecule has 1 aliphatic heterocycles. The van der Waals surface area contributed by atoms with Crippen LogP contribution in [0.25, 0.3) is 0 Å². The largest absolute Gasteiger partial charge is 0.370 e. The summed E-state index contributed by atoms with van der Waals surface area (Å²) in [6.45, 7) is 8.75. The number of nitrogens with zero attached hydrogens (tertiary/aromatic N) is 1. The molecule has 0 radical (unpaired) electrons. The zero-order valence-corrected chi connectivity index (χ0v) is 16.7. The van der Waals surface area contributed by atoms with E-state index in [0.29, 0.717) is 0 Å². The van der Waals surface area contributed by atoms with Gasteiger partial charge in [0, 0.05) is 22.6 Å². The fraction of sp³-hybridized carbons (Fsp3) is 0.895. The SMILES string of the molecule is CCCCCCCCCCCC[N+]1(CC#CI)CCOCC1. The summed E-state index contributed by atoms with van der Waals surface area (Å²) >= 11 is 2.16. The van der Waals surface area contributed by atoms with E-state index in [2.05, 4.69) is 39.4 Å². The van der Waals surface area contributed by atoms with Gasteiger partial charge in [-0.3, -0.25) is 0 Å². The second-order valence-electron chi connectivity index (χ2n) is 6.74. The van der Waals surface area contributed by atoms with E-state index in [1.54, 1.807) is 0 Å². The van der Waals surface area contributed by atoms with E-state index >= 15 is 0 Å². The summed E-state index contributed by atoms with van der Waals surface area (Å²) in [7, 11) is 0. The number of morpholine rings is 1. The molecule has 0 aromatic heterocycles. The standard InChI is InChI=1S/C19H35INO/c1-2-3-4-5-6-7-8-9-10-11-14-21(15-12-13-20)16-18-22-19-17-21/h2-11,14-19H2,1H3/q+1. The van der Waals surface area contributed by atoms with Crippen LogP contribution in [0.3, 0.4) is 0 Å². The highest BCUT2D eigenvalue weighted by atomic mass is 127. The minimum absolute atomic E-state index is 0.917. The molecule has 1 saturated heterocycles. The lowest BCUT2D eigenvalue weighted by molar-refractivity contribution is -0.928. The third kappa shape index (κ3) is 9.37. The molecule has 0 N–H and O–H groups in total. The van der Waals surface area contributed by atoms with Crippen LogP contribution in [0.15, 0.2) is 0 Å². The van der Waals surface area contributed by atoms with E-state index in [0.717, 1.165) is 32.8 Å². The predicted molar refractivity (Wildman–Crippen MR) is 104 cm³/mol. The Morgan fingerprint density at radius 2 is 1.41 bits per heavy atom. The molecule has 1 rings (SSSR count). The lowest BCUT2D eigenvalue weighted by Gasteiger charge is -2.40. The Kier molecular flexibility index (Phi) is 12.5. The first-order valence-corrected chi connectivity index (χ1v) is 10.4. The molecule has 0 aromatic rings. The van der Waals surface area contributed by atoms with Gasteiger partial charge in [-0.15, -0.1) is 0 Å². The fourth-order valence-corrected chi connectivity index (χ4v) is 3.49. The molecular formula is C19H35INO+. The molecular weight excluding hydrogens is 385 g/mol. The van der Waals surface area contributed by atoms with Gasteiger partial charge in [-0.25, -0.2) is 0 Å². The second kappa shape index (κ2) is 13.6. The summed E-state index contributed by atoms with van der Waals surface area (Å²) in [6.07, 6.45) is 14.2. The zero-order chi connectivity index (χ0) is 15.9. The van der Waals surface area contributed by atoms with Gasteiger partial charge in [-0.1, -0.05) is 58.3 Å². The first-order valence-electron chi connectivity index (χ1n) is 9.34. The molecule has 0 spiro atoms. The number of quaternary nitrogens is 1. The Hall–Kier alpha value is 0.210. The van der Waals surface area contributed by atoms with Gasteiger partial charge in [0.05, 0.1) is 19.8 Å². The third-order valence-corrected chi connectivity index (χ3v) is 5.27. The molecule has 0 aliphatic carbocycles. The number of hydrogen-bond acceptors (Lipinski definition) is 1. The summed E-state index contributed by atoms with van der Waals surface area (Å²) in [5.41, 5.74) is 0. The van der Waals surface area contributed by atoms with E-state index in [1.807, 2.05) is 0 Å². The van der Waals surface area contributed by atoms with Gasteiger partial charge in [0.15, 0.2) is 0 Å². The highest BCUT2D eigenvalue weighted by Gasteiger charge is 2.28. The van der Waals surface area contributed by atoms with Gasteiger partial charge in [0.2, 0.25) is 0 Å². The zero-order valence-electron chi connectivity index (χ0n) is 14.5. The molecule has 1 heterocycles. The summed E-state index contributed by atoms with van der Waals surface area (Å²) in [6, 6.07) is 0. The summed E-state index contributed by atoms with van der Waals surface area (Å²) in [4.78, 5) is 0. The van der Waals surface area contributed by atoms with Crippen molar-refractivity contribution < 1.29 is 9.22 Å². The minimum atomic E-state index is 0.917. The molecule has 3 heteroatoms. The first-order chi connectivity index (χ1) is 10.8. The van der Waals surface area contributed by atoms with E-state index in [4.69, 9.17) is 4.74 Å². The van der Waals surface area contributed by atoms with Crippen LogP contribution in [-0.2, 0) is 4.74 Å².